The summed E-state index contributed by atoms with van der Waals surface area (Å²) in [6.07, 6.45) is 1.34. The largest absolute Gasteiger partial charge is 0.493 e. The van der Waals surface area contributed by atoms with Crippen LogP contribution >= 0.6 is 0 Å². The van der Waals surface area contributed by atoms with Crippen LogP contribution in [0.3, 0.4) is 0 Å². The summed E-state index contributed by atoms with van der Waals surface area (Å²) in [6, 6.07) is 13.0. The number of nitrogens with one attached hydrogen (secondary N) is 1. The Labute approximate surface area is 223 Å². The Morgan fingerprint density at radius 3 is 2.58 bits per heavy atom. The van der Waals surface area contributed by atoms with E-state index in [1.807, 2.05) is 37.3 Å². The van der Waals surface area contributed by atoms with E-state index < -0.39 is 6.09 Å². The summed E-state index contributed by atoms with van der Waals surface area (Å²) in [7, 11) is 1.61. The third kappa shape index (κ3) is 7.69. The van der Waals surface area contributed by atoms with Crippen molar-refractivity contribution in [2.24, 2.45) is 5.10 Å². The molecule has 4 rings (SSSR count). The van der Waals surface area contributed by atoms with Crippen LogP contribution in [-0.4, -0.2) is 80.8 Å². The minimum atomic E-state index is -0.492. The Balaban J connectivity index is 1.33. The molecule has 2 aromatic rings. The first-order valence-electron chi connectivity index (χ1n) is 13.1. The molecule has 2 aliphatic heterocycles. The third-order valence-electron chi connectivity index (χ3n) is 6.34. The van der Waals surface area contributed by atoms with Gasteiger partial charge in [-0.3, -0.25) is 15.0 Å². The van der Waals surface area contributed by atoms with Crippen LogP contribution in [0.15, 0.2) is 47.6 Å². The van der Waals surface area contributed by atoms with Gasteiger partial charge >= 0.3 is 6.09 Å². The van der Waals surface area contributed by atoms with Crippen LogP contribution in [0.25, 0.3) is 0 Å². The summed E-state index contributed by atoms with van der Waals surface area (Å²) in [4.78, 5) is 26.9. The zero-order chi connectivity index (χ0) is 26.7. The Morgan fingerprint density at radius 1 is 1.05 bits per heavy atom. The number of methoxy groups -OCH3 is 1. The molecule has 2 aromatic carbocycles. The molecular formula is C28H36N4O6. The summed E-state index contributed by atoms with van der Waals surface area (Å²) in [5.74, 6) is 1.30. The Bertz CT molecular complexity index is 1110. The lowest BCUT2D eigenvalue weighted by atomic mass is 10.0. The number of ether oxygens (including phenoxy) is 4. The number of anilines is 1. The number of benzene rings is 2. The fourth-order valence-electron chi connectivity index (χ4n) is 4.23. The summed E-state index contributed by atoms with van der Waals surface area (Å²) in [6.45, 7) is 7.11. The molecule has 1 fully saturated rings. The van der Waals surface area contributed by atoms with Gasteiger partial charge < -0.3 is 18.9 Å². The maximum absolute atomic E-state index is 12.6. The molecule has 0 unspecified atom stereocenters. The average Bonchev–Trinajstić information content (AvgIpc) is 2.94. The number of nitrogens with zero attached hydrogens (tertiary/aromatic N) is 3. The van der Waals surface area contributed by atoms with Crippen LogP contribution in [0, 0.1) is 0 Å². The van der Waals surface area contributed by atoms with Gasteiger partial charge in [0.05, 0.1) is 39.2 Å². The Kier molecular flexibility index (Phi) is 9.94. The van der Waals surface area contributed by atoms with Gasteiger partial charge in [0.25, 0.3) is 0 Å². The van der Waals surface area contributed by atoms with Crippen molar-refractivity contribution in [2.45, 2.75) is 32.7 Å². The first-order valence-corrected chi connectivity index (χ1v) is 13.1. The molecule has 0 saturated carbocycles. The molecule has 0 spiro atoms. The zero-order valence-corrected chi connectivity index (χ0v) is 22.1. The number of carbonyl (C=O) groups excluding carboxylic acids is 2. The van der Waals surface area contributed by atoms with Gasteiger partial charge in [-0.15, -0.1) is 0 Å². The van der Waals surface area contributed by atoms with Crippen LogP contribution in [0.5, 0.6) is 11.5 Å². The van der Waals surface area contributed by atoms with Gasteiger partial charge in [0.2, 0.25) is 5.91 Å². The van der Waals surface area contributed by atoms with Crippen molar-refractivity contribution in [1.82, 2.24) is 9.91 Å². The fraction of sp³-hybridized carbons (Fsp3) is 0.464. The molecule has 2 heterocycles. The highest BCUT2D eigenvalue weighted by atomic mass is 16.5. The van der Waals surface area contributed by atoms with Crippen molar-refractivity contribution < 1.29 is 28.5 Å². The van der Waals surface area contributed by atoms with Crippen molar-refractivity contribution >= 4 is 23.4 Å². The summed E-state index contributed by atoms with van der Waals surface area (Å²) in [5, 5.41) is 8.89. The van der Waals surface area contributed by atoms with E-state index in [2.05, 4.69) is 15.3 Å². The van der Waals surface area contributed by atoms with Crippen LogP contribution in [0.1, 0.15) is 37.3 Å². The fourth-order valence-corrected chi connectivity index (χ4v) is 4.23. The molecule has 0 radical (unpaired) electrons. The highest BCUT2D eigenvalue weighted by Crippen LogP contribution is 2.30. The van der Waals surface area contributed by atoms with E-state index in [9.17, 15) is 9.59 Å². The van der Waals surface area contributed by atoms with Crippen molar-refractivity contribution in [3.05, 3.63) is 53.6 Å². The molecule has 10 heteroatoms. The molecule has 0 aliphatic carbocycles. The molecule has 0 atom stereocenters. The molecular weight excluding hydrogens is 488 g/mol. The molecule has 204 valence electrons. The Morgan fingerprint density at radius 2 is 1.84 bits per heavy atom. The number of hydrogen-bond donors (Lipinski definition) is 1. The summed E-state index contributed by atoms with van der Waals surface area (Å²) >= 11 is 0. The molecule has 2 aliphatic rings. The van der Waals surface area contributed by atoms with E-state index in [1.54, 1.807) is 19.2 Å². The highest BCUT2D eigenvalue weighted by Gasteiger charge is 2.22. The smallest absolute Gasteiger partial charge is 0.411 e. The van der Waals surface area contributed by atoms with Gasteiger partial charge in [-0.05, 0) is 42.3 Å². The van der Waals surface area contributed by atoms with Gasteiger partial charge in [0.1, 0.15) is 6.61 Å². The molecule has 10 nitrogen and oxygen atoms in total. The van der Waals surface area contributed by atoms with E-state index in [1.165, 1.54) is 5.01 Å². The van der Waals surface area contributed by atoms with Crippen molar-refractivity contribution in [1.29, 1.82) is 0 Å². The highest BCUT2D eigenvalue weighted by molar-refractivity contribution is 6.04. The topological polar surface area (TPSA) is 102 Å². The van der Waals surface area contributed by atoms with Gasteiger partial charge in [0.15, 0.2) is 11.5 Å². The lowest BCUT2D eigenvalue weighted by Crippen LogP contribution is -2.38. The van der Waals surface area contributed by atoms with Crippen LogP contribution in [0.4, 0.5) is 10.5 Å². The molecule has 1 saturated heterocycles. The van der Waals surface area contributed by atoms with Crippen LogP contribution in [-0.2, 0) is 20.8 Å². The SMILES string of the molecule is CCCOc1cc(C2=NN(Cc3ccc(NC(=O)OCCN4CCOCC4)cc3)C(=O)CC2)ccc1OC. The van der Waals surface area contributed by atoms with Crippen LogP contribution < -0.4 is 14.8 Å². The summed E-state index contributed by atoms with van der Waals surface area (Å²) in [5.41, 5.74) is 3.25. The van der Waals surface area contributed by atoms with Crippen molar-refractivity contribution in [3.8, 4) is 11.5 Å². The lowest BCUT2D eigenvalue weighted by molar-refractivity contribution is -0.132. The minimum Gasteiger partial charge on any atom is -0.493 e. The molecule has 38 heavy (non-hydrogen) atoms. The zero-order valence-electron chi connectivity index (χ0n) is 22.1. The monoisotopic (exact) mass is 524 g/mol. The second-order valence-electron chi connectivity index (χ2n) is 9.12. The average molecular weight is 525 g/mol. The quantitative estimate of drug-likeness (QED) is 0.476. The number of morpholine rings is 1. The number of carbonyl (C=O) groups is 2. The van der Waals surface area contributed by atoms with Crippen molar-refractivity contribution in [2.75, 3.05) is 58.5 Å². The van der Waals surface area contributed by atoms with E-state index in [4.69, 9.17) is 18.9 Å². The van der Waals surface area contributed by atoms with Gasteiger partial charge in [-0.25, -0.2) is 9.80 Å². The third-order valence-corrected chi connectivity index (χ3v) is 6.34. The number of rotatable bonds is 11. The van der Waals surface area contributed by atoms with E-state index in [0.717, 1.165) is 36.3 Å². The van der Waals surface area contributed by atoms with Crippen LogP contribution in [0.2, 0.25) is 0 Å². The molecule has 0 bridgehead atoms. The first-order chi connectivity index (χ1) is 18.6. The second-order valence-corrected chi connectivity index (χ2v) is 9.12. The summed E-state index contributed by atoms with van der Waals surface area (Å²) < 4.78 is 21.9. The molecule has 0 aromatic heterocycles. The predicted octanol–water partition coefficient (Wildman–Crippen LogP) is 3.89. The maximum Gasteiger partial charge on any atom is 0.411 e. The van der Waals surface area contributed by atoms with E-state index in [0.29, 0.717) is 69.5 Å². The van der Waals surface area contributed by atoms with Gasteiger partial charge in [0, 0.05) is 43.7 Å². The minimum absolute atomic E-state index is 0.0317. The Hall–Kier alpha value is -3.63. The predicted molar refractivity (Wildman–Crippen MR) is 144 cm³/mol. The maximum atomic E-state index is 12.6. The van der Waals surface area contributed by atoms with Gasteiger partial charge in [-0.1, -0.05) is 19.1 Å². The van der Waals surface area contributed by atoms with E-state index >= 15 is 0 Å². The first kappa shape index (κ1) is 27.4. The second kappa shape index (κ2) is 13.8. The van der Waals surface area contributed by atoms with Gasteiger partial charge in [-0.2, -0.15) is 5.10 Å². The molecule has 2 amide bonds. The molecule has 1 N–H and O–H groups in total. The number of hydrogen-bond acceptors (Lipinski definition) is 8. The van der Waals surface area contributed by atoms with E-state index in [-0.39, 0.29) is 5.91 Å². The number of hydrazone groups is 1. The standard InChI is InChI=1S/C28H36N4O6/c1-3-15-37-26-19-22(6-10-25(26)35-2)24-9-11-27(33)32(30-24)20-21-4-7-23(8-5-21)29-28(34)38-18-14-31-12-16-36-17-13-31/h4-8,10,19H,3,9,11-18,20H2,1-2H3,(H,29,34). The number of amides is 2. The lowest BCUT2D eigenvalue weighted by Gasteiger charge is -2.26. The normalized spacial score (nSPS) is 16.1. The van der Waals surface area contributed by atoms with Crippen molar-refractivity contribution in [3.63, 3.8) is 0 Å².